The van der Waals surface area contributed by atoms with E-state index in [-0.39, 0.29) is 30.1 Å². The number of amides is 1. The highest BCUT2D eigenvalue weighted by molar-refractivity contribution is 7.85. The van der Waals surface area contributed by atoms with Crippen LogP contribution in [0.15, 0.2) is 18.2 Å². The molecule has 1 aromatic carbocycles. The fourth-order valence-corrected chi connectivity index (χ4v) is 3.43. The number of hydrogen-bond acceptors (Lipinski definition) is 3. The van der Waals surface area contributed by atoms with Gasteiger partial charge in [0.15, 0.2) is 0 Å². The van der Waals surface area contributed by atoms with Crippen LogP contribution < -0.4 is 5.32 Å². The highest BCUT2D eigenvalue weighted by Gasteiger charge is 2.15. The lowest BCUT2D eigenvalue weighted by molar-refractivity contribution is -0.119. The number of aryl methyl sites for hydroxylation is 2. The molecule has 0 radical (unpaired) electrons. The summed E-state index contributed by atoms with van der Waals surface area (Å²) in [5.41, 5.74) is 3.91. The predicted octanol–water partition coefficient (Wildman–Crippen LogP) is 1.48. The van der Waals surface area contributed by atoms with Gasteiger partial charge in [-0.1, -0.05) is 18.2 Å². The topological polar surface area (TPSA) is 66.4 Å². The lowest BCUT2D eigenvalue weighted by atomic mass is 9.89. The van der Waals surface area contributed by atoms with E-state index in [9.17, 15) is 9.00 Å². The van der Waals surface area contributed by atoms with Crippen LogP contribution in [-0.2, 0) is 28.4 Å². The highest BCUT2D eigenvalue weighted by atomic mass is 32.2. The Bertz CT molecular complexity index is 530. The largest absolute Gasteiger partial charge is 0.395 e. The first-order chi connectivity index (χ1) is 10.1. The number of rotatable bonds is 6. The molecule has 1 amide bonds. The van der Waals surface area contributed by atoms with Crippen LogP contribution in [0.25, 0.3) is 0 Å². The monoisotopic (exact) mass is 309 g/mol. The molecule has 5 heteroatoms. The zero-order valence-electron chi connectivity index (χ0n) is 12.4. The molecule has 0 saturated carbocycles. The Labute approximate surface area is 128 Å². The predicted molar refractivity (Wildman–Crippen MR) is 84.6 cm³/mol. The zero-order chi connectivity index (χ0) is 15.2. The number of fused-ring (bicyclic) bond motifs is 1. The summed E-state index contributed by atoms with van der Waals surface area (Å²) in [6.45, 7) is 1.79. The van der Waals surface area contributed by atoms with Gasteiger partial charge in [-0.05, 0) is 49.3 Å². The SMILES string of the molecule is CC(NC(=O)CS(=O)CCO)c1ccc2c(c1)CCCC2. The third kappa shape index (κ3) is 4.64. The fourth-order valence-electron chi connectivity index (χ4n) is 2.71. The summed E-state index contributed by atoms with van der Waals surface area (Å²) in [4.78, 5) is 11.8. The molecule has 0 saturated heterocycles. The second kappa shape index (κ2) is 7.71. The van der Waals surface area contributed by atoms with Gasteiger partial charge in [0.25, 0.3) is 0 Å². The van der Waals surface area contributed by atoms with Crippen molar-refractivity contribution in [3.63, 3.8) is 0 Å². The summed E-state index contributed by atoms with van der Waals surface area (Å²) in [5.74, 6) is -0.122. The van der Waals surface area contributed by atoms with Crippen molar-refractivity contribution >= 4 is 16.7 Å². The molecule has 2 rings (SSSR count). The van der Waals surface area contributed by atoms with Gasteiger partial charge in [-0.15, -0.1) is 0 Å². The number of carbonyl (C=O) groups is 1. The van der Waals surface area contributed by atoms with Crippen molar-refractivity contribution in [1.82, 2.24) is 5.32 Å². The van der Waals surface area contributed by atoms with Crippen LogP contribution in [0.3, 0.4) is 0 Å². The number of aliphatic hydroxyl groups excluding tert-OH is 1. The maximum absolute atomic E-state index is 11.8. The lowest BCUT2D eigenvalue weighted by Gasteiger charge is -2.20. The van der Waals surface area contributed by atoms with Gasteiger partial charge in [0.05, 0.1) is 12.6 Å². The van der Waals surface area contributed by atoms with E-state index >= 15 is 0 Å². The fraction of sp³-hybridized carbons (Fsp3) is 0.562. The average molecular weight is 309 g/mol. The van der Waals surface area contributed by atoms with Crippen LogP contribution in [0.2, 0.25) is 0 Å². The minimum Gasteiger partial charge on any atom is -0.395 e. The molecule has 116 valence electrons. The molecule has 1 aliphatic carbocycles. The smallest absolute Gasteiger partial charge is 0.233 e. The normalized spacial score (nSPS) is 16.9. The molecule has 1 aliphatic rings. The molecule has 0 aromatic heterocycles. The number of nitrogens with one attached hydrogen (secondary N) is 1. The van der Waals surface area contributed by atoms with Crippen LogP contribution in [-0.4, -0.2) is 33.3 Å². The molecule has 1 aromatic rings. The minimum atomic E-state index is -1.29. The molecule has 2 atom stereocenters. The van der Waals surface area contributed by atoms with E-state index in [0.29, 0.717) is 0 Å². The second-order valence-electron chi connectivity index (χ2n) is 5.54. The number of aliphatic hydroxyl groups is 1. The lowest BCUT2D eigenvalue weighted by Crippen LogP contribution is -2.31. The zero-order valence-corrected chi connectivity index (χ0v) is 13.2. The van der Waals surface area contributed by atoms with Gasteiger partial charge in [-0.3, -0.25) is 9.00 Å². The van der Waals surface area contributed by atoms with Crippen molar-refractivity contribution in [2.24, 2.45) is 0 Å². The molecular weight excluding hydrogens is 286 g/mol. The molecule has 21 heavy (non-hydrogen) atoms. The van der Waals surface area contributed by atoms with Crippen LogP contribution in [0, 0.1) is 0 Å². The molecule has 2 N–H and O–H groups in total. The Morgan fingerprint density at radius 1 is 1.33 bits per heavy atom. The first-order valence-electron chi connectivity index (χ1n) is 7.47. The van der Waals surface area contributed by atoms with Gasteiger partial charge in [-0.25, -0.2) is 0 Å². The standard InChI is InChI=1S/C16H23NO3S/c1-12(17-16(19)11-21(20)9-8-18)14-7-6-13-4-2-3-5-15(13)10-14/h6-7,10,12,18H,2-5,8-9,11H2,1H3,(H,17,19). The molecule has 2 unspecified atom stereocenters. The maximum atomic E-state index is 11.8. The van der Waals surface area contributed by atoms with E-state index in [0.717, 1.165) is 18.4 Å². The van der Waals surface area contributed by atoms with E-state index in [4.69, 9.17) is 5.11 Å². The first kappa shape index (κ1) is 16.2. The van der Waals surface area contributed by atoms with Crippen molar-refractivity contribution in [3.8, 4) is 0 Å². The third-order valence-corrected chi connectivity index (χ3v) is 5.08. The highest BCUT2D eigenvalue weighted by Crippen LogP contribution is 2.24. The summed E-state index contributed by atoms with van der Waals surface area (Å²) in [5, 5.41) is 11.6. The average Bonchev–Trinajstić information content (AvgIpc) is 2.46. The van der Waals surface area contributed by atoms with E-state index in [1.165, 1.54) is 24.0 Å². The summed E-state index contributed by atoms with van der Waals surface area (Å²) in [6.07, 6.45) is 4.76. The second-order valence-corrected chi connectivity index (χ2v) is 7.11. The van der Waals surface area contributed by atoms with Crippen molar-refractivity contribution in [2.45, 2.75) is 38.6 Å². The van der Waals surface area contributed by atoms with Crippen LogP contribution in [0.4, 0.5) is 0 Å². The molecule has 0 fully saturated rings. The Morgan fingerprint density at radius 2 is 2.05 bits per heavy atom. The maximum Gasteiger partial charge on any atom is 0.233 e. The van der Waals surface area contributed by atoms with Crippen molar-refractivity contribution in [1.29, 1.82) is 0 Å². The Balaban J connectivity index is 1.95. The van der Waals surface area contributed by atoms with Crippen LogP contribution in [0.5, 0.6) is 0 Å². The van der Waals surface area contributed by atoms with E-state index in [1.807, 2.05) is 6.92 Å². The summed E-state index contributed by atoms with van der Waals surface area (Å²) in [6, 6.07) is 6.33. The van der Waals surface area contributed by atoms with E-state index in [1.54, 1.807) is 0 Å². The Hall–Kier alpha value is -1.20. The summed E-state index contributed by atoms with van der Waals surface area (Å²) < 4.78 is 11.5. The van der Waals surface area contributed by atoms with Crippen LogP contribution in [0.1, 0.15) is 42.5 Å². The van der Waals surface area contributed by atoms with Crippen molar-refractivity contribution < 1.29 is 14.1 Å². The van der Waals surface area contributed by atoms with Gasteiger partial charge < -0.3 is 10.4 Å². The van der Waals surface area contributed by atoms with Crippen LogP contribution >= 0.6 is 0 Å². The quantitative estimate of drug-likeness (QED) is 0.836. The van der Waals surface area contributed by atoms with Gasteiger partial charge in [0, 0.05) is 16.6 Å². The van der Waals surface area contributed by atoms with Gasteiger partial charge in [-0.2, -0.15) is 0 Å². The Morgan fingerprint density at radius 3 is 2.76 bits per heavy atom. The van der Waals surface area contributed by atoms with Gasteiger partial charge in [0.1, 0.15) is 5.75 Å². The number of carbonyl (C=O) groups excluding carboxylic acids is 1. The van der Waals surface area contributed by atoms with E-state index in [2.05, 4.69) is 23.5 Å². The Kier molecular flexibility index (Phi) is 5.94. The summed E-state index contributed by atoms with van der Waals surface area (Å²) in [7, 11) is -1.29. The van der Waals surface area contributed by atoms with Crippen molar-refractivity contribution in [2.75, 3.05) is 18.1 Å². The van der Waals surface area contributed by atoms with Gasteiger partial charge >= 0.3 is 0 Å². The molecule has 4 nitrogen and oxygen atoms in total. The molecule has 0 heterocycles. The molecular formula is C16H23NO3S. The first-order valence-corrected chi connectivity index (χ1v) is 8.96. The summed E-state index contributed by atoms with van der Waals surface area (Å²) >= 11 is 0. The van der Waals surface area contributed by atoms with Gasteiger partial charge in [0.2, 0.25) is 5.91 Å². The minimum absolute atomic E-state index is 0.0458. The number of benzene rings is 1. The molecule has 0 spiro atoms. The van der Waals surface area contributed by atoms with Crippen molar-refractivity contribution in [3.05, 3.63) is 34.9 Å². The molecule has 0 aliphatic heterocycles. The van der Waals surface area contributed by atoms with E-state index < -0.39 is 10.8 Å². The molecule has 0 bridgehead atoms. The number of hydrogen-bond donors (Lipinski definition) is 2. The third-order valence-electron chi connectivity index (χ3n) is 3.86.